The molecule has 0 radical (unpaired) electrons. The second-order valence-corrected chi connectivity index (χ2v) is 18.7. The van der Waals surface area contributed by atoms with Crippen LogP contribution in [0.1, 0.15) is 0 Å². The molecule has 2 nitrogen and oxygen atoms in total. The zero-order chi connectivity index (χ0) is 37.8. The van der Waals surface area contributed by atoms with Gasteiger partial charge in [-0.25, -0.2) is 0 Å². The van der Waals surface area contributed by atoms with Gasteiger partial charge in [0.2, 0.25) is 0 Å². The van der Waals surface area contributed by atoms with Crippen molar-refractivity contribution in [2.45, 2.75) is 0 Å². The molecule has 0 fully saturated rings. The van der Waals surface area contributed by atoms with Crippen molar-refractivity contribution in [3.63, 3.8) is 0 Å². The van der Waals surface area contributed by atoms with Crippen molar-refractivity contribution in [1.29, 1.82) is 0 Å². The van der Waals surface area contributed by atoms with Crippen LogP contribution >= 0.6 is 0 Å². The molecule has 0 atom stereocenters. The van der Waals surface area contributed by atoms with Crippen molar-refractivity contribution in [2.75, 3.05) is 0 Å². The predicted molar refractivity (Wildman–Crippen MR) is 244 cm³/mol. The summed E-state index contributed by atoms with van der Waals surface area (Å²) in [4.78, 5) is 0. The molecule has 0 spiro atoms. The number of rotatable bonds is 7. The molecule has 0 saturated heterocycles. The normalized spacial score (nSPS) is 11.9. The molecule has 3 heteroatoms. The van der Waals surface area contributed by atoms with Crippen LogP contribution in [0.15, 0.2) is 231 Å². The van der Waals surface area contributed by atoms with Crippen LogP contribution in [0.2, 0.25) is 0 Å². The lowest BCUT2D eigenvalue weighted by Crippen LogP contribution is -2.74. The fraction of sp³-hybridized carbons (Fsp3) is 0. The quantitative estimate of drug-likeness (QED) is 0.114. The van der Waals surface area contributed by atoms with E-state index in [-0.39, 0.29) is 0 Å². The zero-order valence-corrected chi connectivity index (χ0v) is 32.3. The molecule has 0 aliphatic carbocycles. The van der Waals surface area contributed by atoms with Crippen LogP contribution in [0.25, 0.3) is 66.1 Å². The maximum absolute atomic E-state index is 2.71. The van der Waals surface area contributed by atoms with Crippen LogP contribution in [-0.2, 0) is 0 Å². The van der Waals surface area contributed by atoms with Crippen molar-refractivity contribution < 1.29 is 0 Å². The average Bonchev–Trinajstić information content (AvgIpc) is 3.80. The van der Waals surface area contributed by atoms with E-state index in [4.69, 9.17) is 0 Å². The molecule has 0 N–H and O–H groups in total. The largest absolute Gasteiger partial charge is 0.309 e. The van der Waals surface area contributed by atoms with E-state index >= 15 is 0 Å². The van der Waals surface area contributed by atoms with Gasteiger partial charge in [0.1, 0.15) is 0 Å². The highest BCUT2D eigenvalue weighted by atomic mass is 28.3. The van der Waals surface area contributed by atoms with E-state index in [1.165, 1.54) is 81.2 Å². The van der Waals surface area contributed by atoms with E-state index < -0.39 is 8.07 Å². The molecule has 0 bridgehead atoms. The Labute approximate surface area is 333 Å². The van der Waals surface area contributed by atoms with Gasteiger partial charge in [-0.1, -0.05) is 188 Å². The first-order valence-electron chi connectivity index (χ1n) is 19.7. The van der Waals surface area contributed by atoms with Gasteiger partial charge in [-0.15, -0.1) is 0 Å². The monoisotopic (exact) mass is 742 g/mol. The third kappa shape index (κ3) is 5.17. The summed E-state index contributed by atoms with van der Waals surface area (Å²) < 4.78 is 4.91. The number of hydrogen-bond acceptors (Lipinski definition) is 0. The molecule has 11 rings (SSSR count). The Morgan fingerprint density at radius 2 is 0.719 bits per heavy atom. The first-order valence-corrected chi connectivity index (χ1v) is 21.7. The van der Waals surface area contributed by atoms with E-state index in [2.05, 4.69) is 240 Å². The van der Waals surface area contributed by atoms with Gasteiger partial charge >= 0.3 is 0 Å². The van der Waals surface area contributed by atoms with Crippen molar-refractivity contribution >= 4 is 72.4 Å². The van der Waals surface area contributed by atoms with Crippen LogP contribution < -0.4 is 20.7 Å². The second-order valence-electron chi connectivity index (χ2n) is 14.9. The Kier molecular flexibility index (Phi) is 7.87. The molecule has 0 aliphatic rings. The molecule has 0 amide bonds. The Morgan fingerprint density at radius 3 is 1.33 bits per heavy atom. The Bertz CT molecular complexity index is 3120. The molecular formula is C54H38N2Si. The highest BCUT2D eigenvalue weighted by Crippen LogP contribution is 2.39. The first-order chi connectivity index (χ1) is 28.3. The van der Waals surface area contributed by atoms with Crippen LogP contribution in [0, 0.1) is 0 Å². The van der Waals surface area contributed by atoms with Crippen LogP contribution in [0.5, 0.6) is 0 Å². The van der Waals surface area contributed by atoms with Gasteiger partial charge in [0.15, 0.2) is 8.07 Å². The van der Waals surface area contributed by atoms with Gasteiger partial charge in [-0.2, -0.15) is 0 Å². The number of hydrogen-bond donors (Lipinski definition) is 0. The lowest BCUT2D eigenvalue weighted by atomic mass is 10.0. The van der Waals surface area contributed by atoms with Crippen LogP contribution in [0.3, 0.4) is 0 Å². The molecule has 11 aromatic rings. The summed E-state index contributed by atoms with van der Waals surface area (Å²) in [6.45, 7) is 0. The van der Waals surface area contributed by atoms with Gasteiger partial charge < -0.3 is 9.13 Å². The molecule has 0 unspecified atom stereocenters. The topological polar surface area (TPSA) is 9.86 Å². The molecule has 57 heavy (non-hydrogen) atoms. The van der Waals surface area contributed by atoms with E-state index in [0.717, 1.165) is 5.69 Å². The minimum Gasteiger partial charge on any atom is -0.309 e. The number of para-hydroxylation sites is 3. The maximum atomic E-state index is 2.51. The summed E-state index contributed by atoms with van der Waals surface area (Å²) in [5, 5.41) is 10.5. The van der Waals surface area contributed by atoms with Gasteiger partial charge in [0, 0.05) is 32.8 Å². The summed E-state index contributed by atoms with van der Waals surface area (Å²) >= 11 is 0. The van der Waals surface area contributed by atoms with Gasteiger partial charge in [0.25, 0.3) is 0 Å². The van der Waals surface area contributed by atoms with E-state index in [1.54, 1.807) is 0 Å². The summed E-state index contributed by atoms with van der Waals surface area (Å²) in [5.41, 5.74) is 9.54. The van der Waals surface area contributed by atoms with Gasteiger partial charge in [-0.05, 0) is 68.8 Å². The molecule has 9 aromatic carbocycles. The summed E-state index contributed by atoms with van der Waals surface area (Å²) in [6, 6.07) is 85.1. The number of nitrogens with zero attached hydrogens (tertiary/aromatic N) is 2. The van der Waals surface area contributed by atoms with Gasteiger partial charge in [-0.3, -0.25) is 0 Å². The van der Waals surface area contributed by atoms with E-state index in [9.17, 15) is 0 Å². The fourth-order valence-corrected chi connectivity index (χ4v) is 14.2. The van der Waals surface area contributed by atoms with E-state index in [1.807, 2.05) is 0 Å². The third-order valence-electron chi connectivity index (χ3n) is 11.9. The maximum Gasteiger partial charge on any atom is 0.179 e. The van der Waals surface area contributed by atoms with Crippen LogP contribution in [0.4, 0.5) is 0 Å². The highest BCUT2D eigenvalue weighted by Gasteiger charge is 2.41. The predicted octanol–water partition coefficient (Wildman–Crippen LogP) is 10.9. The molecule has 2 heterocycles. The minimum absolute atomic E-state index is 1.15. The SMILES string of the molecule is c1ccc(-c2ccccc2-n2c3ccccc3c3cc(-n4c5ccccc5c5cc([Si](c6ccccc6)(c6ccccc6)c6ccccc6)ccc54)ccc32)cc1. The lowest BCUT2D eigenvalue weighted by molar-refractivity contribution is 1.17. The van der Waals surface area contributed by atoms with Gasteiger partial charge in [0.05, 0.1) is 27.8 Å². The average molecular weight is 743 g/mol. The summed E-state index contributed by atoms with van der Waals surface area (Å²) in [5.74, 6) is 0. The summed E-state index contributed by atoms with van der Waals surface area (Å²) in [6.07, 6.45) is 0. The number of fused-ring (bicyclic) bond motifs is 6. The summed E-state index contributed by atoms with van der Waals surface area (Å²) in [7, 11) is -2.71. The molecule has 2 aromatic heterocycles. The van der Waals surface area contributed by atoms with E-state index in [0.29, 0.717) is 0 Å². The molecule has 0 aliphatic heterocycles. The Balaban J connectivity index is 1.16. The lowest BCUT2D eigenvalue weighted by Gasteiger charge is -2.34. The molecule has 0 saturated carbocycles. The zero-order valence-electron chi connectivity index (χ0n) is 31.3. The van der Waals surface area contributed by atoms with Crippen molar-refractivity contribution in [3.05, 3.63) is 231 Å². The number of aromatic nitrogens is 2. The minimum atomic E-state index is -2.71. The van der Waals surface area contributed by atoms with Crippen LogP contribution in [-0.4, -0.2) is 17.2 Å². The standard InChI is InChI=1S/C54H38N2Si/c1-5-19-39(20-6-1)45-27-13-16-30-50(45)56-52-32-18-15-28-46(52)48-37-40(33-35-54(48)56)55-51-31-17-14-29-47(51)49-38-44(34-36-53(49)55)57(41-21-7-2-8-22-41,42-23-9-3-10-24-42)43-25-11-4-12-26-43/h1-38H. The van der Waals surface area contributed by atoms with Crippen molar-refractivity contribution in [1.82, 2.24) is 9.13 Å². The number of benzene rings is 9. The molecular weight excluding hydrogens is 705 g/mol. The van der Waals surface area contributed by atoms with Crippen molar-refractivity contribution in [2.24, 2.45) is 0 Å². The van der Waals surface area contributed by atoms with Crippen molar-refractivity contribution in [3.8, 4) is 22.5 Å². The highest BCUT2D eigenvalue weighted by molar-refractivity contribution is 7.20. The Hall–Kier alpha value is -7.20. The second kappa shape index (κ2) is 13.5. The third-order valence-corrected chi connectivity index (χ3v) is 16.6. The Morgan fingerprint density at radius 1 is 0.281 bits per heavy atom. The smallest absolute Gasteiger partial charge is 0.179 e. The molecule has 268 valence electrons. The first kappa shape index (κ1) is 33.2. The fourth-order valence-electron chi connectivity index (χ4n) is 9.44.